The van der Waals surface area contributed by atoms with E-state index in [9.17, 15) is 13.2 Å². The third-order valence-corrected chi connectivity index (χ3v) is 3.49. The summed E-state index contributed by atoms with van der Waals surface area (Å²) in [7, 11) is 0. The van der Waals surface area contributed by atoms with Gasteiger partial charge in [-0.15, -0.1) is 0 Å². The molecule has 0 unspecified atom stereocenters. The third-order valence-electron chi connectivity index (χ3n) is 2.46. The standard InChI is InChI=1S/C13H6Cl3F3O/c14-9-5-11(16)10(15)4-7(9)8-3-6(17)1-2-12(8)20-13(18)19/h1-5,13H. The molecule has 0 amide bonds. The Balaban J connectivity index is 2.62. The highest BCUT2D eigenvalue weighted by Gasteiger charge is 2.16. The second-order valence-corrected chi connectivity index (χ2v) is 4.99. The highest BCUT2D eigenvalue weighted by atomic mass is 35.5. The van der Waals surface area contributed by atoms with E-state index in [2.05, 4.69) is 4.74 Å². The van der Waals surface area contributed by atoms with Crippen LogP contribution in [0.5, 0.6) is 5.75 Å². The summed E-state index contributed by atoms with van der Waals surface area (Å²) in [6.45, 7) is -3.04. The molecule has 0 aliphatic carbocycles. The summed E-state index contributed by atoms with van der Waals surface area (Å²) < 4.78 is 42.4. The maximum absolute atomic E-state index is 13.3. The third kappa shape index (κ3) is 3.32. The van der Waals surface area contributed by atoms with Crippen LogP contribution in [0.25, 0.3) is 11.1 Å². The lowest BCUT2D eigenvalue weighted by molar-refractivity contribution is -0.0494. The van der Waals surface area contributed by atoms with E-state index in [0.29, 0.717) is 0 Å². The zero-order valence-corrected chi connectivity index (χ0v) is 11.9. The molecule has 0 saturated heterocycles. The predicted molar refractivity (Wildman–Crippen MR) is 73.5 cm³/mol. The van der Waals surface area contributed by atoms with Crippen LogP contribution >= 0.6 is 34.8 Å². The summed E-state index contributed by atoms with van der Waals surface area (Å²) in [5, 5.41) is 0.510. The molecule has 0 radical (unpaired) electrons. The molecule has 7 heteroatoms. The number of rotatable bonds is 3. The minimum absolute atomic E-state index is 0.0638. The average molecular weight is 342 g/mol. The molecule has 0 fully saturated rings. The van der Waals surface area contributed by atoms with Gasteiger partial charge in [-0.1, -0.05) is 34.8 Å². The van der Waals surface area contributed by atoms with E-state index in [1.807, 2.05) is 0 Å². The van der Waals surface area contributed by atoms with E-state index in [-0.39, 0.29) is 31.9 Å². The second kappa shape index (κ2) is 6.12. The van der Waals surface area contributed by atoms with Gasteiger partial charge in [0.25, 0.3) is 0 Å². The van der Waals surface area contributed by atoms with Crippen molar-refractivity contribution in [3.05, 3.63) is 51.2 Å². The van der Waals surface area contributed by atoms with Crippen molar-refractivity contribution in [1.29, 1.82) is 0 Å². The minimum Gasteiger partial charge on any atom is -0.434 e. The van der Waals surface area contributed by atoms with Gasteiger partial charge in [-0.25, -0.2) is 4.39 Å². The quantitative estimate of drug-likeness (QED) is 0.617. The maximum Gasteiger partial charge on any atom is 0.387 e. The van der Waals surface area contributed by atoms with E-state index in [4.69, 9.17) is 34.8 Å². The van der Waals surface area contributed by atoms with E-state index in [0.717, 1.165) is 18.2 Å². The molecule has 0 spiro atoms. The van der Waals surface area contributed by atoms with Crippen LogP contribution in [0.2, 0.25) is 15.1 Å². The molecule has 0 bridgehead atoms. The Labute approximate surface area is 127 Å². The van der Waals surface area contributed by atoms with Crippen molar-refractivity contribution in [3.63, 3.8) is 0 Å². The van der Waals surface area contributed by atoms with Gasteiger partial charge >= 0.3 is 6.61 Å². The molecule has 2 aromatic rings. The van der Waals surface area contributed by atoms with Crippen LogP contribution in [0.15, 0.2) is 30.3 Å². The molecule has 0 N–H and O–H groups in total. The van der Waals surface area contributed by atoms with Gasteiger partial charge in [0.1, 0.15) is 11.6 Å². The van der Waals surface area contributed by atoms with Crippen LogP contribution in [-0.2, 0) is 0 Å². The number of hydrogen-bond donors (Lipinski definition) is 0. The van der Waals surface area contributed by atoms with Crippen molar-refractivity contribution in [2.75, 3.05) is 0 Å². The van der Waals surface area contributed by atoms with Gasteiger partial charge in [-0.3, -0.25) is 0 Å². The van der Waals surface area contributed by atoms with Crippen LogP contribution in [-0.4, -0.2) is 6.61 Å². The number of benzene rings is 2. The topological polar surface area (TPSA) is 9.23 Å². The van der Waals surface area contributed by atoms with Gasteiger partial charge in [-0.2, -0.15) is 8.78 Å². The number of halogens is 6. The largest absolute Gasteiger partial charge is 0.434 e. The Kier molecular flexibility index (Phi) is 4.68. The summed E-state index contributed by atoms with van der Waals surface area (Å²) in [4.78, 5) is 0. The summed E-state index contributed by atoms with van der Waals surface area (Å²) in [6.07, 6.45) is 0. The van der Waals surface area contributed by atoms with E-state index < -0.39 is 12.4 Å². The van der Waals surface area contributed by atoms with Crippen LogP contribution in [0.4, 0.5) is 13.2 Å². The highest BCUT2D eigenvalue weighted by Crippen LogP contribution is 2.40. The molecule has 2 aromatic carbocycles. The van der Waals surface area contributed by atoms with Crippen LogP contribution in [0, 0.1) is 5.82 Å². The average Bonchev–Trinajstić information content (AvgIpc) is 2.35. The van der Waals surface area contributed by atoms with Gasteiger partial charge in [0.05, 0.1) is 15.1 Å². The Hall–Kier alpha value is -1.10. The highest BCUT2D eigenvalue weighted by molar-refractivity contribution is 6.44. The molecular formula is C13H6Cl3F3O. The maximum atomic E-state index is 13.3. The molecule has 0 saturated carbocycles. The van der Waals surface area contributed by atoms with E-state index in [1.54, 1.807) is 0 Å². The van der Waals surface area contributed by atoms with Crippen LogP contribution < -0.4 is 4.74 Å². The summed E-state index contributed by atoms with van der Waals surface area (Å²) in [6, 6.07) is 5.84. The first-order chi connectivity index (χ1) is 9.38. The fraction of sp³-hybridized carbons (Fsp3) is 0.0769. The van der Waals surface area contributed by atoms with Crippen molar-refractivity contribution in [2.24, 2.45) is 0 Å². The predicted octanol–water partition coefficient (Wildman–Crippen LogP) is 6.05. The van der Waals surface area contributed by atoms with Gasteiger partial charge < -0.3 is 4.74 Å². The zero-order valence-electron chi connectivity index (χ0n) is 9.64. The minimum atomic E-state index is -3.04. The Bertz CT molecular complexity index is 647. The fourth-order valence-electron chi connectivity index (χ4n) is 1.64. The number of hydrogen-bond acceptors (Lipinski definition) is 1. The summed E-state index contributed by atoms with van der Waals surface area (Å²) in [5.74, 6) is -0.828. The van der Waals surface area contributed by atoms with E-state index >= 15 is 0 Å². The van der Waals surface area contributed by atoms with Crippen molar-refractivity contribution < 1.29 is 17.9 Å². The first-order valence-electron chi connectivity index (χ1n) is 5.27. The summed E-state index contributed by atoms with van der Waals surface area (Å²) in [5.41, 5.74) is 0.310. The Morgan fingerprint density at radius 3 is 2.15 bits per heavy atom. The SMILES string of the molecule is Fc1ccc(OC(F)F)c(-c2cc(Cl)c(Cl)cc2Cl)c1. The summed E-state index contributed by atoms with van der Waals surface area (Å²) >= 11 is 17.6. The Morgan fingerprint density at radius 2 is 1.50 bits per heavy atom. The van der Waals surface area contributed by atoms with Crippen molar-refractivity contribution in [3.8, 4) is 16.9 Å². The Morgan fingerprint density at radius 1 is 0.850 bits per heavy atom. The molecule has 0 aliphatic heterocycles. The van der Waals surface area contributed by atoms with Crippen LogP contribution in [0.3, 0.4) is 0 Å². The molecule has 0 aromatic heterocycles. The monoisotopic (exact) mass is 340 g/mol. The van der Waals surface area contributed by atoms with Crippen molar-refractivity contribution in [1.82, 2.24) is 0 Å². The van der Waals surface area contributed by atoms with Crippen molar-refractivity contribution >= 4 is 34.8 Å². The lowest BCUT2D eigenvalue weighted by Crippen LogP contribution is -2.03. The number of alkyl halides is 2. The molecule has 0 atom stereocenters. The first-order valence-corrected chi connectivity index (χ1v) is 6.41. The van der Waals surface area contributed by atoms with Crippen molar-refractivity contribution in [2.45, 2.75) is 6.61 Å². The molecule has 0 heterocycles. The molecule has 1 nitrogen and oxygen atoms in total. The fourth-order valence-corrected chi connectivity index (χ4v) is 2.29. The second-order valence-electron chi connectivity index (χ2n) is 3.77. The van der Waals surface area contributed by atoms with E-state index in [1.165, 1.54) is 12.1 Å². The normalized spacial score (nSPS) is 10.9. The molecule has 106 valence electrons. The van der Waals surface area contributed by atoms with Gasteiger partial charge in [0.15, 0.2) is 0 Å². The molecule has 2 rings (SSSR count). The lowest BCUT2D eigenvalue weighted by atomic mass is 10.0. The van der Waals surface area contributed by atoms with Gasteiger partial charge in [-0.05, 0) is 30.3 Å². The number of ether oxygens (including phenoxy) is 1. The van der Waals surface area contributed by atoms with Gasteiger partial charge in [0, 0.05) is 11.1 Å². The first kappa shape index (κ1) is 15.3. The molecule has 0 aliphatic rings. The lowest BCUT2D eigenvalue weighted by Gasteiger charge is -2.13. The molecular weight excluding hydrogens is 335 g/mol. The zero-order chi connectivity index (χ0) is 14.9. The van der Waals surface area contributed by atoms with Gasteiger partial charge in [0.2, 0.25) is 0 Å². The smallest absolute Gasteiger partial charge is 0.387 e. The molecule has 20 heavy (non-hydrogen) atoms. The van der Waals surface area contributed by atoms with Crippen LogP contribution in [0.1, 0.15) is 0 Å².